The van der Waals surface area contributed by atoms with E-state index in [1.54, 1.807) is 7.11 Å². The second kappa shape index (κ2) is 6.63. The molecule has 0 radical (unpaired) electrons. The highest BCUT2D eigenvalue weighted by atomic mass is 16.5. The van der Waals surface area contributed by atoms with Gasteiger partial charge in [-0.25, -0.2) is 0 Å². The van der Waals surface area contributed by atoms with E-state index in [9.17, 15) is 4.79 Å². The van der Waals surface area contributed by atoms with Gasteiger partial charge in [0.2, 0.25) is 0 Å². The van der Waals surface area contributed by atoms with E-state index in [1.165, 1.54) is 0 Å². The number of hydrogen-bond acceptors (Lipinski definition) is 2. The summed E-state index contributed by atoms with van der Waals surface area (Å²) in [7, 11) is 1.67. The number of aldehydes is 1. The smallest absolute Gasteiger partial charge is 0.119 e. The molecule has 0 atom stereocenters. The van der Waals surface area contributed by atoms with Gasteiger partial charge in [0, 0.05) is 20.1 Å². The molecule has 0 bridgehead atoms. The molecule has 0 amide bonds. The van der Waals surface area contributed by atoms with Crippen LogP contribution >= 0.6 is 0 Å². The molecule has 2 nitrogen and oxygen atoms in total. The zero-order valence-electron chi connectivity index (χ0n) is 5.22. The standard InChI is InChI=1S/C6H12O2/c1-8-6-4-2-3-5-7/h5H,2-4,6H2,1H3. The van der Waals surface area contributed by atoms with Crippen LogP contribution in [0, 0.1) is 0 Å². The molecule has 0 rings (SSSR count). The zero-order chi connectivity index (χ0) is 6.24. The van der Waals surface area contributed by atoms with Gasteiger partial charge >= 0.3 is 0 Å². The van der Waals surface area contributed by atoms with E-state index in [1.807, 2.05) is 0 Å². The van der Waals surface area contributed by atoms with Crippen molar-refractivity contribution in [2.45, 2.75) is 19.3 Å². The third-order valence-corrected chi connectivity index (χ3v) is 0.920. The lowest BCUT2D eigenvalue weighted by Crippen LogP contribution is -1.87. The van der Waals surface area contributed by atoms with Crippen LogP contribution in [0.3, 0.4) is 0 Å². The van der Waals surface area contributed by atoms with Gasteiger partial charge in [-0.3, -0.25) is 0 Å². The Morgan fingerprint density at radius 3 is 2.75 bits per heavy atom. The number of methoxy groups -OCH3 is 1. The SMILES string of the molecule is COCCCCC=O. The maximum atomic E-state index is 9.73. The summed E-state index contributed by atoms with van der Waals surface area (Å²) < 4.78 is 4.77. The van der Waals surface area contributed by atoms with Gasteiger partial charge < -0.3 is 9.53 Å². The summed E-state index contributed by atoms with van der Waals surface area (Å²) in [6.07, 6.45) is 3.56. The Labute approximate surface area is 49.8 Å². The van der Waals surface area contributed by atoms with Gasteiger partial charge in [-0.05, 0) is 12.8 Å². The minimum Gasteiger partial charge on any atom is -0.385 e. The van der Waals surface area contributed by atoms with Crippen molar-refractivity contribution in [3.8, 4) is 0 Å². The highest BCUT2D eigenvalue weighted by Gasteiger charge is 1.83. The normalized spacial score (nSPS) is 9.12. The van der Waals surface area contributed by atoms with Gasteiger partial charge in [-0.15, -0.1) is 0 Å². The molecule has 0 saturated carbocycles. The Morgan fingerprint density at radius 2 is 2.25 bits per heavy atom. The lowest BCUT2D eigenvalue weighted by Gasteiger charge is -1.92. The molecule has 8 heavy (non-hydrogen) atoms. The molecule has 0 unspecified atom stereocenters. The van der Waals surface area contributed by atoms with Crippen molar-refractivity contribution in [1.82, 2.24) is 0 Å². The van der Waals surface area contributed by atoms with Gasteiger partial charge in [0.1, 0.15) is 6.29 Å². The number of rotatable bonds is 5. The highest BCUT2D eigenvalue weighted by molar-refractivity contribution is 5.48. The molecule has 2 heteroatoms. The number of ether oxygens (including phenoxy) is 1. The van der Waals surface area contributed by atoms with Crippen LogP contribution < -0.4 is 0 Å². The number of carbonyl (C=O) groups is 1. The minimum atomic E-state index is 0.670. The molecule has 0 saturated heterocycles. The second-order valence-electron chi connectivity index (χ2n) is 1.66. The van der Waals surface area contributed by atoms with Crippen LogP contribution in [0.25, 0.3) is 0 Å². The van der Waals surface area contributed by atoms with Crippen LogP contribution in [0.4, 0.5) is 0 Å². The minimum absolute atomic E-state index is 0.670. The maximum absolute atomic E-state index is 9.73. The molecule has 0 aliphatic heterocycles. The lowest BCUT2D eigenvalue weighted by molar-refractivity contribution is -0.107. The first kappa shape index (κ1) is 7.63. The van der Waals surface area contributed by atoms with Crippen LogP contribution in [0.1, 0.15) is 19.3 Å². The third kappa shape index (κ3) is 5.63. The van der Waals surface area contributed by atoms with E-state index in [4.69, 9.17) is 4.74 Å². The monoisotopic (exact) mass is 116 g/mol. The largest absolute Gasteiger partial charge is 0.385 e. The summed E-state index contributed by atoms with van der Waals surface area (Å²) in [4.78, 5) is 9.73. The number of hydrogen-bond donors (Lipinski definition) is 0. The van der Waals surface area contributed by atoms with Crippen LogP contribution in [-0.2, 0) is 9.53 Å². The van der Waals surface area contributed by atoms with Crippen molar-refractivity contribution in [2.75, 3.05) is 13.7 Å². The van der Waals surface area contributed by atoms with Crippen LogP contribution in [0.15, 0.2) is 0 Å². The quantitative estimate of drug-likeness (QED) is 0.395. The molecule has 0 N–H and O–H groups in total. The van der Waals surface area contributed by atoms with E-state index >= 15 is 0 Å². The summed E-state index contributed by atoms with van der Waals surface area (Å²) in [5, 5.41) is 0. The molecule has 0 aromatic rings. The Balaban J connectivity index is 2.62. The first-order valence-electron chi connectivity index (χ1n) is 2.84. The van der Waals surface area contributed by atoms with Crippen molar-refractivity contribution < 1.29 is 9.53 Å². The predicted molar refractivity (Wildman–Crippen MR) is 31.8 cm³/mol. The average molecular weight is 116 g/mol. The van der Waals surface area contributed by atoms with Gasteiger partial charge in [-0.2, -0.15) is 0 Å². The Kier molecular flexibility index (Phi) is 6.32. The molecule has 0 heterocycles. The van der Waals surface area contributed by atoms with Crippen LogP contribution in [0.2, 0.25) is 0 Å². The topological polar surface area (TPSA) is 26.3 Å². The van der Waals surface area contributed by atoms with Crippen LogP contribution in [-0.4, -0.2) is 20.0 Å². The fraction of sp³-hybridized carbons (Fsp3) is 0.833. The van der Waals surface area contributed by atoms with E-state index in [-0.39, 0.29) is 0 Å². The zero-order valence-corrected chi connectivity index (χ0v) is 5.22. The summed E-state index contributed by atoms with van der Waals surface area (Å²) in [5.41, 5.74) is 0. The predicted octanol–water partition coefficient (Wildman–Crippen LogP) is 1.00. The molecule has 0 aliphatic rings. The molecular weight excluding hydrogens is 104 g/mol. The highest BCUT2D eigenvalue weighted by Crippen LogP contribution is 1.90. The molecule has 0 aromatic heterocycles. The third-order valence-electron chi connectivity index (χ3n) is 0.920. The first-order valence-corrected chi connectivity index (χ1v) is 2.84. The van der Waals surface area contributed by atoms with Crippen molar-refractivity contribution >= 4 is 6.29 Å². The molecule has 0 spiro atoms. The number of carbonyl (C=O) groups excluding carboxylic acids is 1. The Bertz CT molecular complexity index is 52.5. The first-order chi connectivity index (χ1) is 3.91. The van der Waals surface area contributed by atoms with Crippen molar-refractivity contribution in [1.29, 1.82) is 0 Å². The molecule has 48 valence electrons. The molecule has 0 aliphatic carbocycles. The van der Waals surface area contributed by atoms with Gasteiger partial charge in [0.25, 0.3) is 0 Å². The lowest BCUT2D eigenvalue weighted by atomic mass is 10.3. The fourth-order valence-electron chi connectivity index (χ4n) is 0.474. The second-order valence-corrected chi connectivity index (χ2v) is 1.66. The summed E-state index contributed by atoms with van der Waals surface area (Å²) in [6, 6.07) is 0. The maximum Gasteiger partial charge on any atom is 0.119 e. The van der Waals surface area contributed by atoms with Crippen molar-refractivity contribution in [3.63, 3.8) is 0 Å². The van der Waals surface area contributed by atoms with E-state index < -0.39 is 0 Å². The Morgan fingerprint density at radius 1 is 1.50 bits per heavy atom. The van der Waals surface area contributed by atoms with E-state index in [0.717, 1.165) is 25.7 Å². The van der Waals surface area contributed by atoms with Gasteiger partial charge in [0.15, 0.2) is 0 Å². The van der Waals surface area contributed by atoms with Crippen molar-refractivity contribution in [3.05, 3.63) is 0 Å². The molecule has 0 fully saturated rings. The van der Waals surface area contributed by atoms with E-state index in [2.05, 4.69) is 0 Å². The van der Waals surface area contributed by atoms with Crippen molar-refractivity contribution in [2.24, 2.45) is 0 Å². The Hall–Kier alpha value is -0.370. The summed E-state index contributed by atoms with van der Waals surface area (Å²) in [6.45, 7) is 0.772. The van der Waals surface area contributed by atoms with E-state index in [0.29, 0.717) is 6.42 Å². The van der Waals surface area contributed by atoms with Gasteiger partial charge in [0.05, 0.1) is 0 Å². The van der Waals surface area contributed by atoms with Gasteiger partial charge in [-0.1, -0.05) is 0 Å². The summed E-state index contributed by atoms with van der Waals surface area (Å²) >= 11 is 0. The summed E-state index contributed by atoms with van der Waals surface area (Å²) in [5.74, 6) is 0. The molecule has 0 aromatic carbocycles. The molecular formula is C6H12O2. The fourth-order valence-corrected chi connectivity index (χ4v) is 0.474. The van der Waals surface area contributed by atoms with Crippen LogP contribution in [0.5, 0.6) is 0 Å². The average Bonchev–Trinajstić information content (AvgIpc) is 1.81. The number of unbranched alkanes of at least 4 members (excludes halogenated alkanes) is 2.